The van der Waals surface area contributed by atoms with Gasteiger partial charge in [0.15, 0.2) is 0 Å². The van der Waals surface area contributed by atoms with E-state index in [0.717, 1.165) is 25.4 Å². The van der Waals surface area contributed by atoms with E-state index in [1.165, 1.54) is 6.42 Å². The van der Waals surface area contributed by atoms with Crippen LogP contribution in [-0.4, -0.2) is 30.8 Å². The average Bonchev–Trinajstić information content (AvgIpc) is 2.11. The molecule has 0 aromatic rings. The van der Waals surface area contributed by atoms with E-state index in [2.05, 4.69) is 10.6 Å². The van der Waals surface area contributed by atoms with Gasteiger partial charge in [-0.25, -0.2) is 4.79 Å². The number of hydrogen-bond acceptors (Lipinski definition) is 3. The third kappa shape index (κ3) is 2.67. The minimum absolute atomic E-state index is 0.276. The van der Waals surface area contributed by atoms with Gasteiger partial charge in [0, 0.05) is 12.6 Å². The van der Waals surface area contributed by atoms with E-state index in [1.54, 1.807) is 0 Å². The first-order valence-electron chi connectivity index (χ1n) is 6.16. The summed E-state index contributed by atoms with van der Waals surface area (Å²) in [6, 6.07) is 0.313. The van der Waals surface area contributed by atoms with Gasteiger partial charge in [0.1, 0.15) is 5.60 Å². The van der Waals surface area contributed by atoms with Gasteiger partial charge in [-0.15, -0.1) is 0 Å². The number of piperidine rings is 1. The number of amides is 1. The van der Waals surface area contributed by atoms with Crippen molar-refractivity contribution in [1.82, 2.24) is 10.6 Å². The van der Waals surface area contributed by atoms with E-state index in [1.807, 2.05) is 20.8 Å². The molecule has 0 bridgehead atoms. The fourth-order valence-corrected chi connectivity index (χ4v) is 2.63. The van der Waals surface area contributed by atoms with Crippen molar-refractivity contribution in [3.63, 3.8) is 0 Å². The molecule has 1 aliphatic carbocycles. The Morgan fingerprint density at radius 1 is 1.44 bits per heavy atom. The first-order valence-corrected chi connectivity index (χ1v) is 6.16. The van der Waals surface area contributed by atoms with E-state index in [9.17, 15) is 4.79 Å². The van der Waals surface area contributed by atoms with E-state index in [-0.39, 0.29) is 6.09 Å². The molecule has 1 aliphatic heterocycles. The lowest BCUT2D eigenvalue weighted by atomic mass is 9.66. The van der Waals surface area contributed by atoms with Gasteiger partial charge < -0.3 is 15.4 Å². The zero-order valence-electron chi connectivity index (χ0n) is 10.4. The molecule has 2 aliphatic rings. The van der Waals surface area contributed by atoms with Crippen LogP contribution in [-0.2, 0) is 4.74 Å². The summed E-state index contributed by atoms with van der Waals surface area (Å²) in [6.07, 6.45) is 2.09. The van der Waals surface area contributed by atoms with Gasteiger partial charge in [-0.3, -0.25) is 0 Å². The molecule has 1 amide bonds. The van der Waals surface area contributed by atoms with E-state index < -0.39 is 5.60 Å². The number of nitrogens with one attached hydrogen (secondary N) is 2. The normalized spacial score (nSPS) is 33.6. The smallest absolute Gasteiger partial charge is 0.407 e. The number of carbonyl (C=O) groups excluding carboxylic acids is 1. The molecule has 0 radical (unpaired) electrons. The second-order valence-electron chi connectivity index (χ2n) is 5.91. The van der Waals surface area contributed by atoms with Crippen LogP contribution < -0.4 is 10.6 Å². The maximum Gasteiger partial charge on any atom is 0.407 e. The first kappa shape index (κ1) is 11.7. The second-order valence-corrected chi connectivity index (χ2v) is 5.91. The molecule has 92 valence electrons. The summed E-state index contributed by atoms with van der Waals surface area (Å²) in [5.41, 5.74) is -0.405. The van der Waals surface area contributed by atoms with Crippen LogP contribution in [0.15, 0.2) is 0 Å². The van der Waals surface area contributed by atoms with Crippen molar-refractivity contribution in [2.75, 3.05) is 13.1 Å². The molecule has 4 nitrogen and oxygen atoms in total. The number of ether oxygens (including phenoxy) is 1. The lowest BCUT2D eigenvalue weighted by Gasteiger charge is -2.48. The van der Waals surface area contributed by atoms with Crippen LogP contribution in [0.2, 0.25) is 0 Å². The van der Waals surface area contributed by atoms with Gasteiger partial charge in [-0.1, -0.05) is 0 Å². The van der Waals surface area contributed by atoms with Gasteiger partial charge in [0.05, 0.1) is 0 Å². The molecular weight excluding hydrogens is 204 g/mol. The molecular formula is C12H22N2O2. The molecule has 16 heavy (non-hydrogen) atoms. The molecule has 1 saturated heterocycles. The Hall–Kier alpha value is -0.770. The predicted molar refractivity (Wildman–Crippen MR) is 62.2 cm³/mol. The summed E-state index contributed by atoms with van der Waals surface area (Å²) in [5, 5.41) is 6.35. The lowest BCUT2D eigenvalue weighted by molar-refractivity contribution is 0.0276. The minimum Gasteiger partial charge on any atom is -0.444 e. The maximum absolute atomic E-state index is 11.6. The molecule has 0 aromatic carbocycles. The third-order valence-electron chi connectivity index (χ3n) is 3.45. The van der Waals surface area contributed by atoms with Crippen LogP contribution >= 0.6 is 0 Å². The van der Waals surface area contributed by atoms with Crippen LogP contribution in [0.1, 0.15) is 33.6 Å². The number of fused-ring (bicyclic) bond motifs is 1. The van der Waals surface area contributed by atoms with Gasteiger partial charge in [-0.2, -0.15) is 0 Å². The Kier molecular flexibility index (Phi) is 3.10. The SMILES string of the molecule is CC(C)(C)OC(=O)N[C@@H]1C[C@H]2CCNC[C@H]21. The highest BCUT2D eigenvalue weighted by Gasteiger charge is 2.43. The molecule has 3 atom stereocenters. The monoisotopic (exact) mass is 226 g/mol. The zero-order valence-corrected chi connectivity index (χ0v) is 10.4. The van der Waals surface area contributed by atoms with Crippen LogP contribution in [0.5, 0.6) is 0 Å². The molecule has 2 fully saturated rings. The summed E-state index contributed by atoms with van der Waals surface area (Å²) in [7, 11) is 0. The highest BCUT2D eigenvalue weighted by molar-refractivity contribution is 5.68. The minimum atomic E-state index is -0.405. The number of rotatable bonds is 1. The standard InChI is InChI=1S/C12H22N2O2/c1-12(2,3)16-11(15)14-10-6-8-4-5-13-7-9(8)10/h8-10,13H,4-7H2,1-3H3,(H,14,15)/t8-,9-,10-/m1/s1. The Balaban J connectivity index is 1.76. The van der Waals surface area contributed by atoms with Crippen molar-refractivity contribution < 1.29 is 9.53 Å². The average molecular weight is 226 g/mol. The Bertz CT molecular complexity index is 273. The molecule has 2 rings (SSSR count). The highest BCUT2D eigenvalue weighted by Crippen LogP contribution is 2.38. The zero-order chi connectivity index (χ0) is 11.8. The van der Waals surface area contributed by atoms with E-state index in [0.29, 0.717) is 12.0 Å². The summed E-state index contributed by atoms with van der Waals surface area (Å²) < 4.78 is 5.25. The fourth-order valence-electron chi connectivity index (χ4n) is 2.63. The summed E-state index contributed by atoms with van der Waals surface area (Å²) >= 11 is 0. The Morgan fingerprint density at radius 2 is 2.19 bits per heavy atom. The van der Waals surface area contributed by atoms with Crippen molar-refractivity contribution in [3.05, 3.63) is 0 Å². The fraction of sp³-hybridized carbons (Fsp3) is 0.917. The molecule has 0 unspecified atom stereocenters. The van der Waals surface area contributed by atoms with Gasteiger partial charge in [0.2, 0.25) is 0 Å². The molecule has 1 heterocycles. The number of carbonyl (C=O) groups is 1. The molecule has 1 saturated carbocycles. The number of hydrogen-bond donors (Lipinski definition) is 2. The third-order valence-corrected chi connectivity index (χ3v) is 3.45. The second kappa shape index (κ2) is 4.24. The molecule has 0 aromatic heterocycles. The van der Waals surface area contributed by atoms with Crippen LogP contribution in [0.25, 0.3) is 0 Å². The lowest BCUT2D eigenvalue weighted by Crippen LogP contribution is -2.59. The van der Waals surface area contributed by atoms with Crippen molar-refractivity contribution in [3.8, 4) is 0 Å². The molecule has 0 spiro atoms. The molecule has 4 heteroatoms. The Labute approximate surface area is 97.1 Å². The van der Waals surface area contributed by atoms with Gasteiger partial charge >= 0.3 is 6.09 Å². The van der Waals surface area contributed by atoms with Crippen molar-refractivity contribution in [2.45, 2.75) is 45.3 Å². The number of alkyl carbamates (subject to hydrolysis) is 1. The van der Waals surface area contributed by atoms with Gasteiger partial charge in [-0.05, 0) is 52.0 Å². The topological polar surface area (TPSA) is 50.4 Å². The summed E-state index contributed by atoms with van der Waals surface area (Å²) in [4.78, 5) is 11.6. The maximum atomic E-state index is 11.6. The quantitative estimate of drug-likeness (QED) is 0.712. The largest absolute Gasteiger partial charge is 0.444 e. The van der Waals surface area contributed by atoms with Crippen LogP contribution in [0.4, 0.5) is 4.79 Å². The Morgan fingerprint density at radius 3 is 2.81 bits per heavy atom. The van der Waals surface area contributed by atoms with E-state index >= 15 is 0 Å². The van der Waals surface area contributed by atoms with Crippen LogP contribution in [0.3, 0.4) is 0 Å². The summed E-state index contributed by atoms with van der Waals surface area (Å²) in [5.74, 6) is 1.42. The summed E-state index contributed by atoms with van der Waals surface area (Å²) in [6.45, 7) is 7.82. The first-order chi connectivity index (χ1) is 7.46. The highest BCUT2D eigenvalue weighted by atomic mass is 16.6. The van der Waals surface area contributed by atoms with Gasteiger partial charge in [0.25, 0.3) is 0 Å². The van der Waals surface area contributed by atoms with Crippen molar-refractivity contribution >= 4 is 6.09 Å². The van der Waals surface area contributed by atoms with Crippen LogP contribution in [0, 0.1) is 11.8 Å². The van der Waals surface area contributed by atoms with E-state index in [4.69, 9.17) is 4.74 Å². The van der Waals surface area contributed by atoms with Crippen molar-refractivity contribution in [1.29, 1.82) is 0 Å². The van der Waals surface area contributed by atoms with Crippen molar-refractivity contribution in [2.24, 2.45) is 11.8 Å². The molecule has 2 N–H and O–H groups in total. The predicted octanol–water partition coefficient (Wildman–Crippen LogP) is 1.51.